The van der Waals surface area contributed by atoms with E-state index in [0.29, 0.717) is 25.9 Å². The normalized spacial score (nSPS) is 30.3. The summed E-state index contributed by atoms with van der Waals surface area (Å²) in [5, 5.41) is 10.3. The number of halogens is 1. The van der Waals surface area contributed by atoms with Crippen LogP contribution in [0.15, 0.2) is 55.6 Å². The number of carbonyl (C=O) groups excluding carboxylic acids is 3. The molecule has 7 nitrogen and oxygen atoms in total. The number of benzene rings is 1. The summed E-state index contributed by atoms with van der Waals surface area (Å²) in [5.41, 5.74) is 0.973. The Morgan fingerprint density at radius 1 is 1.29 bits per heavy atom. The summed E-state index contributed by atoms with van der Waals surface area (Å²) >= 11 is 5.34. The first kappa shape index (κ1) is 28.9. The minimum absolute atomic E-state index is 0.0484. The highest BCUT2D eigenvalue weighted by atomic mass is 79.9. The fraction of sp³-hybridized carbons (Fsp3) is 0.552. The maximum Gasteiger partial charge on any atom is 0.311 e. The van der Waals surface area contributed by atoms with Crippen molar-refractivity contribution in [3.05, 3.63) is 61.2 Å². The number of aliphatic hydroxyl groups is 1. The van der Waals surface area contributed by atoms with Crippen LogP contribution in [-0.2, 0) is 25.7 Å². The minimum atomic E-state index is -0.813. The lowest BCUT2D eigenvalue weighted by Gasteiger charge is -2.40. The molecule has 1 aromatic rings. The summed E-state index contributed by atoms with van der Waals surface area (Å²) in [6.07, 6.45) is 4.32. The van der Waals surface area contributed by atoms with Crippen LogP contribution in [0.5, 0.6) is 0 Å². The third kappa shape index (κ3) is 5.09. The zero-order valence-corrected chi connectivity index (χ0v) is 24.4. The van der Waals surface area contributed by atoms with Gasteiger partial charge in [-0.1, -0.05) is 78.8 Å². The van der Waals surface area contributed by atoms with Gasteiger partial charge in [-0.15, -0.1) is 18.3 Å². The predicted molar refractivity (Wildman–Crippen MR) is 153 cm³/mol. The molecule has 2 bridgehead atoms. The number of ether oxygens (including phenoxy) is 1. The third-order valence-electron chi connectivity index (χ3n) is 7.80. The largest absolute Gasteiger partial charge is 0.461 e. The van der Waals surface area contributed by atoms with Crippen molar-refractivity contribution < 1.29 is 24.2 Å². The van der Waals surface area contributed by atoms with Gasteiger partial charge in [-0.05, 0) is 24.3 Å². The van der Waals surface area contributed by atoms with Crippen molar-refractivity contribution in [3.8, 4) is 0 Å². The lowest BCUT2D eigenvalue weighted by atomic mass is 9.71. The molecule has 0 aliphatic carbocycles. The van der Waals surface area contributed by atoms with Crippen molar-refractivity contribution in [2.24, 2.45) is 17.8 Å². The van der Waals surface area contributed by atoms with Gasteiger partial charge in [0, 0.05) is 23.2 Å². The van der Waals surface area contributed by atoms with E-state index in [9.17, 15) is 19.5 Å². The number of rotatable bonds is 12. The second-order valence-corrected chi connectivity index (χ2v) is 13.5. The standard InChI is InChI=1S/C29H37BrN2O5S/c1-5-12-31(16-19-10-8-7-9-11-19)27(35)25-29-15-21(30)24(38-29)22(28(36)37-13-6-2)23(29)26(34)32(25)20(17-33)14-18(3)4/h5-11,18,20-25,33H,1-2,12-17H2,3-4H3/t20-,21?,22-,23+,24-,25?,29?/m1/s1. The highest BCUT2D eigenvalue weighted by molar-refractivity contribution is 9.09. The first-order chi connectivity index (χ1) is 18.2. The Bertz CT molecular complexity index is 1070. The summed E-state index contributed by atoms with van der Waals surface area (Å²) in [7, 11) is 0. The average molecular weight is 606 g/mol. The van der Waals surface area contributed by atoms with Crippen molar-refractivity contribution in [2.75, 3.05) is 19.8 Å². The van der Waals surface area contributed by atoms with E-state index in [1.54, 1.807) is 27.6 Å². The maximum absolute atomic E-state index is 14.5. The van der Waals surface area contributed by atoms with E-state index in [1.165, 1.54) is 6.08 Å². The van der Waals surface area contributed by atoms with Gasteiger partial charge < -0.3 is 19.6 Å². The Morgan fingerprint density at radius 2 is 2.00 bits per heavy atom. The smallest absolute Gasteiger partial charge is 0.311 e. The van der Waals surface area contributed by atoms with Gasteiger partial charge in [0.25, 0.3) is 0 Å². The lowest BCUT2D eigenvalue weighted by Crippen LogP contribution is -2.57. The van der Waals surface area contributed by atoms with Crippen molar-refractivity contribution >= 4 is 45.5 Å². The van der Waals surface area contributed by atoms with Gasteiger partial charge >= 0.3 is 5.97 Å². The molecule has 206 valence electrons. The average Bonchev–Trinajstić information content (AvgIpc) is 3.49. The molecule has 2 amide bonds. The van der Waals surface area contributed by atoms with E-state index in [-0.39, 0.29) is 41.0 Å². The highest BCUT2D eigenvalue weighted by Crippen LogP contribution is 2.68. The molecule has 7 atom stereocenters. The number of aliphatic hydroxyl groups excluding tert-OH is 1. The fourth-order valence-corrected chi connectivity index (χ4v) is 10.0. The molecular weight excluding hydrogens is 568 g/mol. The van der Waals surface area contributed by atoms with Gasteiger partial charge in [0.1, 0.15) is 12.6 Å². The van der Waals surface area contributed by atoms with Gasteiger partial charge in [0.05, 0.1) is 29.2 Å². The number of esters is 1. The zero-order chi connectivity index (χ0) is 27.6. The molecular formula is C29H37BrN2O5S. The maximum atomic E-state index is 14.5. The van der Waals surface area contributed by atoms with Crippen LogP contribution >= 0.6 is 27.7 Å². The van der Waals surface area contributed by atoms with E-state index in [0.717, 1.165) is 5.56 Å². The SMILES string of the molecule is C=CCOC(=O)[C@H]1[C@@H]2SC3(CC2Br)C(C(=O)N(CC=C)Cc2ccccc2)N([C@@H](CO)CC(C)C)C(=O)[C@H]13. The number of hydrogen-bond donors (Lipinski definition) is 1. The molecule has 38 heavy (non-hydrogen) atoms. The van der Waals surface area contributed by atoms with Crippen LogP contribution < -0.4 is 0 Å². The summed E-state index contributed by atoms with van der Waals surface area (Å²) in [5.74, 6) is -2.02. The van der Waals surface area contributed by atoms with Crippen molar-refractivity contribution in [1.29, 1.82) is 0 Å². The van der Waals surface area contributed by atoms with Crippen molar-refractivity contribution in [2.45, 2.75) is 60.1 Å². The number of fused-ring (bicyclic) bond motifs is 1. The number of likely N-dealkylation sites (tertiary alicyclic amines) is 1. The van der Waals surface area contributed by atoms with Crippen LogP contribution in [0, 0.1) is 17.8 Å². The van der Waals surface area contributed by atoms with E-state index in [4.69, 9.17) is 4.74 Å². The lowest BCUT2D eigenvalue weighted by molar-refractivity contribution is -0.153. The van der Waals surface area contributed by atoms with Crippen LogP contribution in [0.2, 0.25) is 0 Å². The second-order valence-electron chi connectivity index (χ2n) is 10.8. The molecule has 1 spiro atoms. The minimum Gasteiger partial charge on any atom is -0.461 e. The second kappa shape index (κ2) is 12.0. The van der Waals surface area contributed by atoms with Gasteiger partial charge in [-0.3, -0.25) is 14.4 Å². The molecule has 4 rings (SSSR count). The molecule has 1 N–H and O–H groups in total. The number of alkyl halides is 1. The number of carbonyl (C=O) groups is 3. The molecule has 0 radical (unpaired) electrons. The predicted octanol–water partition coefficient (Wildman–Crippen LogP) is 3.80. The summed E-state index contributed by atoms with van der Waals surface area (Å²) in [6, 6.07) is 8.38. The highest BCUT2D eigenvalue weighted by Gasteiger charge is 2.76. The van der Waals surface area contributed by atoms with E-state index in [2.05, 4.69) is 29.1 Å². The molecule has 3 heterocycles. The number of thioether (sulfide) groups is 1. The van der Waals surface area contributed by atoms with Crippen molar-refractivity contribution in [1.82, 2.24) is 9.80 Å². The van der Waals surface area contributed by atoms with Crippen LogP contribution in [0.4, 0.5) is 0 Å². The Kier molecular flexibility index (Phi) is 9.10. The van der Waals surface area contributed by atoms with E-state index < -0.39 is 34.6 Å². The molecule has 3 saturated heterocycles. The molecule has 0 aromatic heterocycles. The molecule has 1 aromatic carbocycles. The summed E-state index contributed by atoms with van der Waals surface area (Å²) in [6.45, 7) is 12.1. The molecule has 3 unspecified atom stereocenters. The number of hydrogen-bond acceptors (Lipinski definition) is 6. The quantitative estimate of drug-likeness (QED) is 0.222. The van der Waals surface area contributed by atoms with Gasteiger partial charge in [0.2, 0.25) is 11.8 Å². The number of amides is 2. The Hall–Kier alpha value is -2.10. The third-order valence-corrected chi connectivity index (χ3v) is 11.0. The van der Waals surface area contributed by atoms with Crippen LogP contribution in [0.3, 0.4) is 0 Å². The fourth-order valence-electron chi connectivity index (χ4n) is 6.43. The van der Waals surface area contributed by atoms with Crippen LogP contribution in [-0.4, -0.2) is 79.4 Å². The molecule has 0 saturated carbocycles. The molecule has 3 aliphatic rings. The van der Waals surface area contributed by atoms with Gasteiger partial charge in [0.15, 0.2) is 0 Å². The zero-order valence-electron chi connectivity index (χ0n) is 22.0. The first-order valence-corrected chi connectivity index (χ1v) is 15.0. The Morgan fingerprint density at radius 3 is 2.61 bits per heavy atom. The number of nitrogens with zero attached hydrogens (tertiary/aromatic N) is 2. The van der Waals surface area contributed by atoms with Crippen LogP contribution in [0.25, 0.3) is 0 Å². The van der Waals surface area contributed by atoms with Crippen molar-refractivity contribution in [3.63, 3.8) is 0 Å². The Labute approximate surface area is 237 Å². The topological polar surface area (TPSA) is 87.2 Å². The monoisotopic (exact) mass is 604 g/mol. The van der Waals surface area contributed by atoms with Gasteiger partial charge in [-0.25, -0.2) is 0 Å². The van der Waals surface area contributed by atoms with E-state index in [1.807, 2.05) is 44.2 Å². The summed E-state index contributed by atoms with van der Waals surface area (Å²) < 4.78 is 4.66. The molecule has 9 heteroatoms. The van der Waals surface area contributed by atoms with Crippen LogP contribution in [0.1, 0.15) is 32.3 Å². The first-order valence-electron chi connectivity index (χ1n) is 13.2. The van der Waals surface area contributed by atoms with Gasteiger partial charge in [-0.2, -0.15) is 0 Å². The Balaban J connectivity index is 1.79. The molecule has 3 fully saturated rings. The molecule has 3 aliphatic heterocycles. The van der Waals surface area contributed by atoms with E-state index >= 15 is 0 Å². The summed E-state index contributed by atoms with van der Waals surface area (Å²) in [4.78, 5) is 45.4.